The molecule has 1 aliphatic rings. The molecule has 7 nitrogen and oxygen atoms in total. The molecule has 3 heterocycles. The Kier molecular flexibility index (Phi) is 4.71. The number of H-pyrrole nitrogens is 1. The summed E-state index contributed by atoms with van der Waals surface area (Å²) in [5.41, 5.74) is 2.30. The lowest BCUT2D eigenvalue weighted by Crippen LogP contribution is -2.34. The first-order valence-corrected chi connectivity index (χ1v) is 9.01. The van der Waals surface area contributed by atoms with Gasteiger partial charge in [0.2, 0.25) is 0 Å². The van der Waals surface area contributed by atoms with Crippen LogP contribution in [0.5, 0.6) is 5.75 Å². The summed E-state index contributed by atoms with van der Waals surface area (Å²) in [6.07, 6.45) is 6.06. The van der Waals surface area contributed by atoms with Crippen molar-refractivity contribution < 1.29 is 4.74 Å². The molecule has 1 aliphatic heterocycles. The van der Waals surface area contributed by atoms with Crippen LogP contribution in [0.25, 0.3) is 5.69 Å². The highest BCUT2D eigenvalue weighted by molar-refractivity contribution is 5.45. The van der Waals surface area contributed by atoms with Gasteiger partial charge in [-0.3, -0.25) is 10.00 Å². The maximum Gasteiger partial charge on any atom is 0.155 e. The van der Waals surface area contributed by atoms with Gasteiger partial charge in [0.05, 0.1) is 12.8 Å². The van der Waals surface area contributed by atoms with E-state index < -0.39 is 0 Å². The molecule has 1 N–H and O–H groups in total. The monoisotopic (exact) mass is 352 g/mol. The molecule has 7 heteroatoms. The summed E-state index contributed by atoms with van der Waals surface area (Å²) in [6, 6.07) is 8.10. The summed E-state index contributed by atoms with van der Waals surface area (Å²) in [7, 11) is 1.70. The Labute approximate surface area is 153 Å². The number of nitrogens with zero attached hydrogens (tertiary/aromatic N) is 5. The zero-order valence-electron chi connectivity index (χ0n) is 15.2. The lowest BCUT2D eigenvalue weighted by Gasteiger charge is -2.32. The fourth-order valence-corrected chi connectivity index (χ4v) is 3.64. The standard InChI is InChI=1S/C19H24N6O/c1-14-21-19(23-22-14)15-5-3-9-24(12-15)13-16-11-17(26-2)6-7-18(16)25-10-4-8-20-25/h4,6-8,10-11,15H,3,5,9,12-13H2,1-2H3,(H,21,22,23)/t15-/m1/s1. The predicted molar refractivity (Wildman–Crippen MR) is 98.5 cm³/mol. The Morgan fingerprint density at radius 3 is 3.00 bits per heavy atom. The number of piperidine rings is 1. The van der Waals surface area contributed by atoms with E-state index in [1.807, 2.05) is 29.9 Å². The molecule has 0 saturated carbocycles. The van der Waals surface area contributed by atoms with Crippen LogP contribution in [0.3, 0.4) is 0 Å². The third-order valence-electron chi connectivity index (χ3n) is 4.92. The van der Waals surface area contributed by atoms with Crippen LogP contribution >= 0.6 is 0 Å². The summed E-state index contributed by atoms with van der Waals surface area (Å²) >= 11 is 0. The van der Waals surface area contributed by atoms with E-state index in [0.717, 1.165) is 55.6 Å². The molecular weight excluding hydrogens is 328 g/mol. The molecule has 0 spiro atoms. The molecule has 1 aromatic carbocycles. The number of hydrogen-bond donors (Lipinski definition) is 1. The predicted octanol–water partition coefficient (Wildman–Crippen LogP) is 2.69. The lowest BCUT2D eigenvalue weighted by atomic mass is 9.96. The summed E-state index contributed by atoms with van der Waals surface area (Å²) in [5.74, 6) is 3.07. The Morgan fingerprint density at radius 1 is 1.35 bits per heavy atom. The van der Waals surface area contributed by atoms with E-state index in [9.17, 15) is 0 Å². The van der Waals surface area contributed by atoms with Crippen LogP contribution < -0.4 is 4.74 Å². The van der Waals surface area contributed by atoms with Crippen LogP contribution in [0.15, 0.2) is 36.7 Å². The molecule has 2 aromatic heterocycles. The fourth-order valence-electron chi connectivity index (χ4n) is 3.64. The van der Waals surface area contributed by atoms with Gasteiger partial charge in [-0.15, -0.1) is 0 Å². The average molecular weight is 352 g/mol. The van der Waals surface area contributed by atoms with Crippen molar-refractivity contribution in [3.05, 3.63) is 53.9 Å². The average Bonchev–Trinajstić information content (AvgIpc) is 3.34. The molecule has 0 unspecified atom stereocenters. The molecule has 0 amide bonds. The number of rotatable bonds is 5. The van der Waals surface area contributed by atoms with E-state index in [4.69, 9.17) is 4.74 Å². The Bertz CT molecular complexity index is 857. The van der Waals surface area contributed by atoms with Gasteiger partial charge in [0, 0.05) is 31.4 Å². The molecule has 0 radical (unpaired) electrons. The molecule has 3 aromatic rings. The lowest BCUT2D eigenvalue weighted by molar-refractivity contribution is 0.196. The highest BCUT2D eigenvalue weighted by Gasteiger charge is 2.25. The topological polar surface area (TPSA) is 71.9 Å². The minimum Gasteiger partial charge on any atom is -0.497 e. The molecule has 26 heavy (non-hydrogen) atoms. The number of aryl methyl sites for hydroxylation is 1. The molecule has 4 rings (SSSR count). The van der Waals surface area contributed by atoms with Crippen molar-refractivity contribution in [2.45, 2.75) is 32.2 Å². The SMILES string of the molecule is COc1ccc(-n2cccn2)c(CN2CCC[C@@H](c3n[nH]c(C)n3)C2)c1. The van der Waals surface area contributed by atoms with Gasteiger partial charge in [0.25, 0.3) is 0 Å². The van der Waals surface area contributed by atoms with Crippen LogP contribution in [0.2, 0.25) is 0 Å². The van der Waals surface area contributed by atoms with Gasteiger partial charge in [0.15, 0.2) is 5.82 Å². The summed E-state index contributed by atoms with van der Waals surface area (Å²) in [5, 5.41) is 11.7. The van der Waals surface area contributed by atoms with Crippen LogP contribution in [0.1, 0.15) is 36.0 Å². The summed E-state index contributed by atoms with van der Waals surface area (Å²) in [4.78, 5) is 7.01. The Morgan fingerprint density at radius 2 is 2.27 bits per heavy atom. The quantitative estimate of drug-likeness (QED) is 0.764. The van der Waals surface area contributed by atoms with Crippen LogP contribution in [-0.4, -0.2) is 50.1 Å². The van der Waals surface area contributed by atoms with Gasteiger partial charge >= 0.3 is 0 Å². The number of hydrogen-bond acceptors (Lipinski definition) is 5. The number of ether oxygens (including phenoxy) is 1. The van der Waals surface area contributed by atoms with Gasteiger partial charge < -0.3 is 4.74 Å². The Balaban J connectivity index is 1.56. The van der Waals surface area contributed by atoms with E-state index in [2.05, 4.69) is 37.3 Å². The van der Waals surface area contributed by atoms with E-state index in [0.29, 0.717) is 5.92 Å². The van der Waals surface area contributed by atoms with Crippen LogP contribution in [0.4, 0.5) is 0 Å². The zero-order chi connectivity index (χ0) is 17.9. The second-order valence-electron chi connectivity index (χ2n) is 6.80. The van der Waals surface area contributed by atoms with Gasteiger partial charge in [-0.05, 0) is 56.1 Å². The fraction of sp³-hybridized carbons (Fsp3) is 0.421. The number of nitrogens with one attached hydrogen (secondary N) is 1. The highest BCUT2D eigenvalue weighted by Crippen LogP contribution is 2.28. The number of aromatic amines is 1. The first kappa shape index (κ1) is 16.8. The highest BCUT2D eigenvalue weighted by atomic mass is 16.5. The molecule has 1 atom stereocenters. The second kappa shape index (κ2) is 7.29. The Hall–Kier alpha value is -2.67. The van der Waals surface area contributed by atoms with Gasteiger partial charge in [-0.25, -0.2) is 9.67 Å². The molecule has 136 valence electrons. The smallest absolute Gasteiger partial charge is 0.155 e. The molecular formula is C19H24N6O. The third kappa shape index (κ3) is 3.48. The van der Waals surface area contributed by atoms with E-state index >= 15 is 0 Å². The van der Waals surface area contributed by atoms with Crippen molar-refractivity contribution in [2.75, 3.05) is 20.2 Å². The van der Waals surface area contributed by atoms with Gasteiger partial charge in [-0.1, -0.05) is 0 Å². The summed E-state index contributed by atoms with van der Waals surface area (Å²) in [6.45, 7) is 4.85. The van der Waals surface area contributed by atoms with Crippen molar-refractivity contribution >= 4 is 0 Å². The van der Waals surface area contributed by atoms with Crippen molar-refractivity contribution in [3.8, 4) is 11.4 Å². The van der Waals surface area contributed by atoms with Crippen molar-refractivity contribution in [1.82, 2.24) is 29.9 Å². The normalized spacial score (nSPS) is 18.2. The van der Waals surface area contributed by atoms with Crippen LogP contribution in [-0.2, 0) is 6.54 Å². The largest absolute Gasteiger partial charge is 0.497 e. The minimum atomic E-state index is 0.382. The first-order chi connectivity index (χ1) is 12.7. The number of aromatic nitrogens is 5. The molecule has 1 fully saturated rings. The van der Waals surface area contributed by atoms with Crippen molar-refractivity contribution in [3.63, 3.8) is 0 Å². The van der Waals surface area contributed by atoms with Gasteiger partial charge in [-0.2, -0.15) is 10.2 Å². The molecule has 0 bridgehead atoms. The first-order valence-electron chi connectivity index (χ1n) is 9.01. The zero-order valence-corrected chi connectivity index (χ0v) is 15.2. The van der Waals surface area contributed by atoms with E-state index in [1.165, 1.54) is 5.56 Å². The number of likely N-dealkylation sites (tertiary alicyclic amines) is 1. The van der Waals surface area contributed by atoms with Crippen molar-refractivity contribution in [2.24, 2.45) is 0 Å². The third-order valence-corrected chi connectivity index (χ3v) is 4.92. The summed E-state index contributed by atoms with van der Waals surface area (Å²) < 4.78 is 7.35. The maximum absolute atomic E-state index is 5.44. The number of methoxy groups -OCH3 is 1. The second-order valence-corrected chi connectivity index (χ2v) is 6.80. The molecule has 0 aliphatic carbocycles. The van der Waals surface area contributed by atoms with E-state index in [-0.39, 0.29) is 0 Å². The number of benzene rings is 1. The van der Waals surface area contributed by atoms with Crippen LogP contribution in [0, 0.1) is 6.92 Å². The van der Waals surface area contributed by atoms with Crippen molar-refractivity contribution in [1.29, 1.82) is 0 Å². The van der Waals surface area contributed by atoms with E-state index in [1.54, 1.807) is 13.3 Å². The van der Waals surface area contributed by atoms with Gasteiger partial charge in [0.1, 0.15) is 11.6 Å². The minimum absolute atomic E-state index is 0.382. The maximum atomic E-state index is 5.44. The molecule has 1 saturated heterocycles.